The molecular formula is C14H19F3N2O2S. The van der Waals surface area contributed by atoms with E-state index < -0.39 is 27.5 Å². The van der Waals surface area contributed by atoms with Crippen molar-refractivity contribution in [1.29, 1.82) is 0 Å². The molecule has 1 aliphatic rings. The van der Waals surface area contributed by atoms with E-state index in [-0.39, 0.29) is 11.0 Å². The van der Waals surface area contributed by atoms with Gasteiger partial charge in [-0.3, -0.25) is 0 Å². The van der Waals surface area contributed by atoms with Crippen molar-refractivity contribution in [3.05, 3.63) is 35.4 Å². The molecular weight excluding hydrogens is 317 g/mol. The average Bonchev–Trinajstić information content (AvgIpc) is 2.82. The molecule has 1 heterocycles. The van der Waals surface area contributed by atoms with Crippen LogP contribution in [0.15, 0.2) is 24.3 Å². The molecule has 0 aliphatic carbocycles. The van der Waals surface area contributed by atoms with Crippen molar-refractivity contribution in [2.45, 2.75) is 25.3 Å². The minimum absolute atomic E-state index is 0.135. The Bertz CT molecular complexity index is 646. The maximum absolute atomic E-state index is 12.7. The summed E-state index contributed by atoms with van der Waals surface area (Å²) in [4.78, 5) is 0. The van der Waals surface area contributed by atoms with Crippen LogP contribution in [0.5, 0.6) is 0 Å². The van der Waals surface area contributed by atoms with Crippen molar-refractivity contribution in [2.75, 3.05) is 19.6 Å². The van der Waals surface area contributed by atoms with E-state index in [0.717, 1.165) is 12.1 Å². The van der Waals surface area contributed by atoms with E-state index in [9.17, 15) is 21.6 Å². The van der Waals surface area contributed by atoms with Gasteiger partial charge in [0.05, 0.1) is 11.3 Å². The molecule has 1 atom stereocenters. The quantitative estimate of drug-likeness (QED) is 0.917. The Labute approximate surface area is 128 Å². The summed E-state index contributed by atoms with van der Waals surface area (Å²) >= 11 is 0. The Morgan fingerprint density at radius 2 is 2.05 bits per heavy atom. The molecule has 0 bridgehead atoms. The molecule has 1 saturated heterocycles. The summed E-state index contributed by atoms with van der Waals surface area (Å²) < 4.78 is 64.1. The molecule has 22 heavy (non-hydrogen) atoms. The van der Waals surface area contributed by atoms with Gasteiger partial charge in [0, 0.05) is 13.1 Å². The van der Waals surface area contributed by atoms with Crippen LogP contribution in [-0.4, -0.2) is 32.4 Å². The molecule has 1 aromatic carbocycles. The molecule has 0 radical (unpaired) electrons. The summed E-state index contributed by atoms with van der Waals surface area (Å²) in [6.07, 6.45) is -3.82. The van der Waals surface area contributed by atoms with Gasteiger partial charge < -0.3 is 5.73 Å². The number of hydrogen-bond donors (Lipinski definition) is 1. The molecule has 0 amide bonds. The van der Waals surface area contributed by atoms with Crippen LogP contribution in [-0.2, 0) is 22.0 Å². The fourth-order valence-electron chi connectivity index (χ4n) is 2.52. The van der Waals surface area contributed by atoms with E-state index in [1.54, 1.807) is 0 Å². The highest BCUT2D eigenvalue weighted by atomic mass is 32.2. The van der Waals surface area contributed by atoms with Crippen LogP contribution in [0, 0.1) is 5.41 Å². The second-order valence-electron chi connectivity index (χ2n) is 6.05. The van der Waals surface area contributed by atoms with E-state index in [1.807, 2.05) is 6.92 Å². The Morgan fingerprint density at radius 1 is 1.36 bits per heavy atom. The number of hydrogen-bond acceptors (Lipinski definition) is 3. The summed E-state index contributed by atoms with van der Waals surface area (Å²) in [5, 5.41) is 0. The number of benzene rings is 1. The highest BCUT2D eigenvalue weighted by molar-refractivity contribution is 7.88. The zero-order chi connectivity index (χ0) is 16.6. The van der Waals surface area contributed by atoms with Gasteiger partial charge in [-0.15, -0.1) is 0 Å². The molecule has 0 spiro atoms. The SMILES string of the molecule is CC1(CN)CCN(S(=O)(=O)Cc2cccc(C(F)(F)F)c2)C1. The van der Waals surface area contributed by atoms with Crippen LogP contribution in [0.2, 0.25) is 0 Å². The number of rotatable bonds is 4. The minimum Gasteiger partial charge on any atom is -0.330 e. The van der Waals surface area contributed by atoms with Crippen molar-refractivity contribution >= 4 is 10.0 Å². The summed E-state index contributed by atoms with van der Waals surface area (Å²) in [6, 6.07) is 4.43. The van der Waals surface area contributed by atoms with Crippen molar-refractivity contribution in [2.24, 2.45) is 11.1 Å². The Morgan fingerprint density at radius 3 is 2.59 bits per heavy atom. The lowest BCUT2D eigenvalue weighted by molar-refractivity contribution is -0.137. The lowest BCUT2D eigenvalue weighted by atomic mass is 9.90. The minimum atomic E-state index is -4.48. The van der Waals surface area contributed by atoms with E-state index in [4.69, 9.17) is 5.73 Å². The van der Waals surface area contributed by atoms with Crippen LogP contribution in [0.4, 0.5) is 13.2 Å². The van der Waals surface area contributed by atoms with Gasteiger partial charge in [0.25, 0.3) is 0 Å². The van der Waals surface area contributed by atoms with Gasteiger partial charge in [0.2, 0.25) is 10.0 Å². The first-order valence-electron chi connectivity index (χ1n) is 6.90. The second kappa shape index (κ2) is 5.82. The first-order valence-corrected chi connectivity index (χ1v) is 8.51. The highest BCUT2D eigenvalue weighted by Crippen LogP contribution is 2.32. The van der Waals surface area contributed by atoms with Crippen LogP contribution in [0.1, 0.15) is 24.5 Å². The fourth-order valence-corrected chi connectivity index (χ4v) is 4.18. The number of alkyl halides is 3. The molecule has 1 unspecified atom stereocenters. The molecule has 8 heteroatoms. The number of halogens is 3. The zero-order valence-corrected chi connectivity index (χ0v) is 13.0. The molecule has 4 nitrogen and oxygen atoms in total. The van der Waals surface area contributed by atoms with Gasteiger partial charge in [0.1, 0.15) is 0 Å². The first kappa shape index (κ1) is 17.2. The lowest BCUT2D eigenvalue weighted by Gasteiger charge is -2.22. The predicted molar refractivity (Wildman–Crippen MR) is 77.4 cm³/mol. The molecule has 2 N–H and O–H groups in total. The fraction of sp³-hybridized carbons (Fsp3) is 0.571. The van der Waals surface area contributed by atoms with Crippen LogP contribution < -0.4 is 5.73 Å². The maximum Gasteiger partial charge on any atom is 0.416 e. The molecule has 1 fully saturated rings. The van der Waals surface area contributed by atoms with E-state index >= 15 is 0 Å². The van der Waals surface area contributed by atoms with Gasteiger partial charge >= 0.3 is 6.18 Å². The Balaban J connectivity index is 2.17. The molecule has 1 aromatic rings. The van der Waals surface area contributed by atoms with Gasteiger partial charge in [-0.05, 0) is 30.0 Å². The standard InChI is InChI=1S/C14H19F3N2O2S/c1-13(9-18)5-6-19(10-13)22(20,21)8-11-3-2-4-12(7-11)14(15,16)17/h2-4,7H,5-6,8-10,18H2,1H3. The maximum atomic E-state index is 12.7. The first-order chi connectivity index (χ1) is 10.1. The van der Waals surface area contributed by atoms with Gasteiger partial charge in [0.15, 0.2) is 0 Å². The third-order valence-electron chi connectivity index (χ3n) is 4.01. The molecule has 0 aromatic heterocycles. The van der Waals surface area contributed by atoms with E-state index in [1.165, 1.54) is 16.4 Å². The molecule has 1 aliphatic heterocycles. The number of sulfonamides is 1. The lowest BCUT2D eigenvalue weighted by Crippen LogP contribution is -2.35. The van der Waals surface area contributed by atoms with Crippen molar-refractivity contribution in [1.82, 2.24) is 4.31 Å². The van der Waals surface area contributed by atoms with Crippen LogP contribution in [0.25, 0.3) is 0 Å². The monoisotopic (exact) mass is 336 g/mol. The zero-order valence-electron chi connectivity index (χ0n) is 12.2. The van der Waals surface area contributed by atoms with Crippen LogP contribution in [0.3, 0.4) is 0 Å². The Hall–Kier alpha value is -1.12. The Kier molecular flexibility index (Phi) is 4.56. The van der Waals surface area contributed by atoms with Crippen molar-refractivity contribution < 1.29 is 21.6 Å². The summed E-state index contributed by atoms with van der Waals surface area (Å²) in [5.74, 6) is -0.433. The summed E-state index contributed by atoms with van der Waals surface area (Å²) in [6.45, 7) is 2.95. The molecule has 0 saturated carbocycles. The third-order valence-corrected chi connectivity index (χ3v) is 5.81. The summed E-state index contributed by atoms with van der Waals surface area (Å²) in [7, 11) is -3.65. The predicted octanol–water partition coefficient (Wildman–Crippen LogP) is 2.21. The van der Waals surface area contributed by atoms with Gasteiger partial charge in [-0.25, -0.2) is 12.7 Å². The molecule has 124 valence electrons. The van der Waals surface area contributed by atoms with Crippen molar-refractivity contribution in [3.8, 4) is 0 Å². The van der Waals surface area contributed by atoms with E-state index in [2.05, 4.69) is 0 Å². The largest absolute Gasteiger partial charge is 0.416 e. The average molecular weight is 336 g/mol. The second-order valence-corrected chi connectivity index (χ2v) is 8.02. The van der Waals surface area contributed by atoms with Crippen LogP contribution >= 0.6 is 0 Å². The number of nitrogens with zero attached hydrogens (tertiary/aromatic N) is 1. The smallest absolute Gasteiger partial charge is 0.330 e. The van der Waals surface area contributed by atoms with Gasteiger partial charge in [-0.1, -0.05) is 25.1 Å². The number of nitrogens with two attached hydrogens (primary N) is 1. The third kappa shape index (κ3) is 3.80. The van der Waals surface area contributed by atoms with E-state index in [0.29, 0.717) is 26.1 Å². The summed E-state index contributed by atoms with van der Waals surface area (Å²) in [5.41, 5.74) is 4.68. The normalized spacial score (nSPS) is 23.9. The van der Waals surface area contributed by atoms with Crippen molar-refractivity contribution in [3.63, 3.8) is 0 Å². The molecule has 2 rings (SSSR count). The highest BCUT2D eigenvalue weighted by Gasteiger charge is 2.38. The topological polar surface area (TPSA) is 63.4 Å². The van der Waals surface area contributed by atoms with Gasteiger partial charge in [-0.2, -0.15) is 13.2 Å².